The lowest BCUT2D eigenvalue weighted by atomic mass is 10.3. The van der Waals surface area contributed by atoms with Crippen LogP contribution < -0.4 is 5.32 Å². The van der Waals surface area contributed by atoms with Crippen molar-refractivity contribution in [1.29, 1.82) is 0 Å². The minimum absolute atomic E-state index is 0.0536. The van der Waals surface area contributed by atoms with Crippen LogP contribution in [0.1, 0.15) is 28.3 Å². The number of hydrogen-bond donors (Lipinski definition) is 2. The van der Waals surface area contributed by atoms with Gasteiger partial charge in [0.25, 0.3) is 0 Å². The first kappa shape index (κ1) is 16.2. The molecule has 0 saturated carbocycles. The molecule has 0 aliphatic rings. The van der Waals surface area contributed by atoms with Gasteiger partial charge in [0.1, 0.15) is 0 Å². The Balaban J connectivity index is 2.26. The monoisotopic (exact) mass is 297 g/mol. The fourth-order valence-corrected chi connectivity index (χ4v) is 2.28. The zero-order valence-corrected chi connectivity index (χ0v) is 12.3. The highest BCUT2D eigenvalue weighted by Gasteiger charge is 2.10. The number of urea groups is 1. The highest BCUT2D eigenvalue weighted by molar-refractivity contribution is 7.09. The van der Waals surface area contributed by atoms with Crippen molar-refractivity contribution >= 4 is 23.3 Å². The van der Waals surface area contributed by atoms with Gasteiger partial charge in [0.15, 0.2) is 5.69 Å². The van der Waals surface area contributed by atoms with Crippen molar-refractivity contribution in [3.63, 3.8) is 0 Å². The number of aromatic nitrogens is 1. The Morgan fingerprint density at radius 1 is 1.60 bits per heavy atom. The number of thiazole rings is 1. The predicted molar refractivity (Wildman–Crippen MR) is 78.2 cm³/mol. The van der Waals surface area contributed by atoms with Crippen LogP contribution in [0, 0.1) is 0 Å². The van der Waals surface area contributed by atoms with Crippen LogP contribution in [0.4, 0.5) is 4.79 Å². The molecular weight excluding hydrogens is 278 g/mol. The van der Waals surface area contributed by atoms with E-state index < -0.39 is 5.97 Å². The summed E-state index contributed by atoms with van der Waals surface area (Å²) in [6.07, 6.45) is 4.13. The number of aromatic carboxylic acids is 1. The van der Waals surface area contributed by atoms with E-state index in [2.05, 4.69) is 16.9 Å². The van der Waals surface area contributed by atoms with Crippen LogP contribution in [-0.2, 0) is 6.42 Å². The van der Waals surface area contributed by atoms with Crippen LogP contribution in [0.25, 0.3) is 0 Å². The number of allylic oxidation sites excluding steroid dienone is 1. The number of hydrogen-bond acceptors (Lipinski definition) is 4. The molecular formula is C13H19N3O3S. The van der Waals surface area contributed by atoms with E-state index in [1.54, 1.807) is 11.9 Å². The summed E-state index contributed by atoms with van der Waals surface area (Å²) in [4.78, 5) is 28.0. The predicted octanol–water partition coefficient (Wildman–Crippen LogP) is 1.99. The number of nitrogens with zero attached hydrogens (tertiary/aromatic N) is 2. The fourth-order valence-electron chi connectivity index (χ4n) is 1.51. The topological polar surface area (TPSA) is 82.5 Å². The molecule has 20 heavy (non-hydrogen) atoms. The van der Waals surface area contributed by atoms with Gasteiger partial charge in [-0.25, -0.2) is 14.6 Å². The van der Waals surface area contributed by atoms with E-state index >= 15 is 0 Å². The van der Waals surface area contributed by atoms with Crippen molar-refractivity contribution < 1.29 is 14.7 Å². The van der Waals surface area contributed by atoms with Crippen molar-refractivity contribution in [1.82, 2.24) is 15.2 Å². The molecule has 2 amide bonds. The minimum atomic E-state index is -1.03. The number of carboxylic acids is 1. The molecule has 1 aromatic rings. The molecule has 0 aliphatic carbocycles. The Morgan fingerprint density at radius 2 is 2.35 bits per heavy atom. The summed E-state index contributed by atoms with van der Waals surface area (Å²) < 4.78 is 0. The third kappa shape index (κ3) is 5.40. The average Bonchev–Trinajstić information content (AvgIpc) is 2.87. The fraction of sp³-hybridized carbons (Fsp3) is 0.462. The quantitative estimate of drug-likeness (QED) is 0.568. The molecule has 0 aliphatic heterocycles. The molecule has 0 aromatic carbocycles. The maximum absolute atomic E-state index is 11.7. The second-order valence-electron chi connectivity index (χ2n) is 4.27. The Hall–Kier alpha value is -1.89. The standard InChI is InChI=1S/C13H19N3O3S/c1-3-4-5-8-16(2)13(19)14-7-6-11-15-10(9-20-11)12(17)18/h3,9H,1,4-8H2,2H3,(H,14,19)(H,17,18). The van der Waals surface area contributed by atoms with E-state index in [1.807, 2.05) is 6.08 Å². The van der Waals surface area contributed by atoms with Crippen molar-refractivity contribution in [3.05, 3.63) is 28.7 Å². The van der Waals surface area contributed by atoms with Gasteiger partial charge in [-0.05, 0) is 12.8 Å². The Bertz CT molecular complexity index is 473. The maximum Gasteiger partial charge on any atom is 0.355 e. The van der Waals surface area contributed by atoms with Gasteiger partial charge >= 0.3 is 12.0 Å². The van der Waals surface area contributed by atoms with E-state index in [9.17, 15) is 9.59 Å². The van der Waals surface area contributed by atoms with Gasteiger partial charge in [0.2, 0.25) is 0 Å². The molecule has 0 fully saturated rings. The molecule has 6 nitrogen and oxygen atoms in total. The first-order chi connectivity index (χ1) is 9.54. The van der Waals surface area contributed by atoms with E-state index in [1.165, 1.54) is 16.7 Å². The van der Waals surface area contributed by atoms with Crippen LogP contribution in [0.3, 0.4) is 0 Å². The number of carboxylic acid groups (broad SMARTS) is 1. The van der Waals surface area contributed by atoms with Crippen molar-refractivity contribution in [2.24, 2.45) is 0 Å². The lowest BCUT2D eigenvalue weighted by Crippen LogP contribution is -2.38. The highest BCUT2D eigenvalue weighted by Crippen LogP contribution is 2.09. The number of amides is 2. The van der Waals surface area contributed by atoms with Gasteiger partial charge in [-0.15, -0.1) is 17.9 Å². The van der Waals surface area contributed by atoms with Gasteiger partial charge in [0.05, 0.1) is 5.01 Å². The summed E-state index contributed by atoms with van der Waals surface area (Å²) >= 11 is 1.29. The number of carbonyl (C=O) groups is 2. The lowest BCUT2D eigenvalue weighted by Gasteiger charge is -2.17. The smallest absolute Gasteiger partial charge is 0.355 e. The summed E-state index contributed by atoms with van der Waals surface area (Å²) in [6.45, 7) is 4.75. The van der Waals surface area contributed by atoms with E-state index in [0.29, 0.717) is 24.5 Å². The first-order valence-electron chi connectivity index (χ1n) is 6.32. The third-order valence-electron chi connectivity index (χ3n) is 2.63. The Morgan fingerprint density at radius 3 is 2.95 bits per heavy atom. The first-order valence-corrected chi connectivity index (χ1v) is 7.20. The van der Waals surface area contributed by atoms with E-state index in [0.717, 1.165) is 12.8 Å². The molecule has 0 radical (unpaired) electrons. The molecule has 0 saturated heterocycles. The Labute approximate surface area is 122 Å². The third-order valence-corrected chi connectivity index (χ3v) is 3.54. The van der Waals surface area contributed by atoms with Gasteiger partial charge in [-0.2, -0.15) is 0 Å². The second kappa shape index (κ2) is 8.31. The molecule has 1 heterocycles. The summed E-state index contributed by atoms with van der Waals surface area (Å²) in [5.74, 6) is -1.03. The average molecular weight is 297 g/mol. The van der Waals surface area contributed by atoms with Gasteiger partial charge in [0, 0.05) is 31.9 Å². The molecule has 0 unspecified atom stereocenters. The van der Waals surface area contributed by atoms with Crippen molar-refractivity contribution in [2.45, 2.75) is 19.3 Å². The van der Waals surface area contributed by atoms with Crippen molar-refractivity contribution in [3.8, 4) is 0 Å². The molecule has 1 aromatic heterocycles. The number of rotatable bonds is 8. The lowest BCUT2D eigenvalue weighted by molar-refractivity contribution is 0.0691. The van der Waals surface area contributed by atoms with Crippen molar-refractivity contribution in [2.75, 3.05) is 20.1 Å². The zero-order valence-electron chi connectivity index (χ0n) is 11.5. The number of nitrogens with one attached hydrogen (secondary N) is 1. The van der Waals surface area contributed by atoms with Crippen LogP contribution in [-0.4, -0.2) is 47.1 Å². The molecule has 0 atom stereocenters. The summed E-state index contributed by atoms with van der Waals surface area (Å²) in [5.41, 5.74) is 0.0536. The van der Waals surface area contributed by atoms with Crippen LogP contribution >= 0.6 is 11.3 Å². The van der Waals surface area contributed by atoms with Gasteiger partial charge in [-0.3, -0.25) is 0 Å². The normalized spacial score (nSPS) is 10.1. The largest absolute Gasteiger partial charge is 0.476 e. The molecule has 1 rings (SSSR count). The van der Waals surface area contributed by atoms with E-state index in [4.69, 9.17) is 5.11 Å². The summed E-state index contributed by atoms with van der Waals surface area (Å²) in [7, 11) is 1.74. The van der Waals surface area contributed by atoms with Crippen LogP contribution in [0.2, 0.25) is 0 Å². The van der Waals surface area contributed by atoms with Crippen LogP contribution in [0.15, 0.2) is 18.0 Å². The number of unbranched alkanes of at least 4 members (excludes halogenated alkanes) is 1. The zero-order chi connectivity index (χ0) is 15.0. The molecule has 0 bridgehead atoms. The number of carbonyl (C=O) groups excluding carboxylic acids is 1. The summed E-state index contributed by atoms with van der Waals surface area (Å²) in [5, 5.41) is 13.7. The van der Waals surface area contributed by atoms with Gasteiger partial charge < -0.3 is 15.3 Å². The maximum atomic E-state index is 11.7. The second-order valence-corrected chi connectivity index (χ2v) is 5.21. The minimum Gasteiger partial charge on any atom is -0.476 e. The van der Waals surface area contributed by atoms with Crippen LogP contribution in [0.5, 0.6) is 0 Å². The summed E-state index contributed by atoms with van der Waals surface area (Å²) in [6, 6.07) is -0.135. The molecule has 110 valence electrons. The Kier molecular flexibility index (Phi) is 6.72. The molecule has 7 heteroatoms. The SMILES string of the molecule is C=CCCCN(C)C(=O)NCCc1nc(C(=O)O)cs1. The molecule has 2 N–H and O–H groups in total. The highest BCUT2D eigenvalue weighted by atomic mass is 32.1. The molecule has 0 spiro atoms. The van der Waals surface area contributed by atoms with E-state index in [-0.39, 0.29) is 11.7 Å². The van der Waals surface area contributed by atoms with Gasteiger partial charge in [-0.1, -0.05) is 6.08 Å².